The number of methoxy groups -OCH3 is 1. The quantitative estimate of drug-likeness (QED) is 0.270. The second-order valence-corrected chi connectivity index (χ2v) is 6.57. The molecule has 28 heavy (non-hydrogen) atoms. The summed E-state index contributed by atoms with van der Waals surface area (Å²) < 4.78 is 16.0. The third kappa shape index (κ3) is 4.32. The number of H-pyrrole nitrogens is 1. The number of hydrogen-bond donors (Lipinski definition) is 2. The molecule has 0 aliphatic rings. The van der Waals surface area contributed by atoms with Crippen molar-refractivity contribution in [2.75, 3.05) is 27.7 Å². The molecule has 146 valence electrons. The van der Waals surface area contributed by atoms with Gasteiger partial charge in [-0.05, 0) is 50.3 Å². The Morgan fingerprint density at radius 3 is 2.71 bits per heavy atom. The number of nitrogens with one attached hydrogen (secondary N) is 2. The average Bonchev–Trinajstić information content (AvgIpc) is 3.10. The molecule has 0 atom stereocenters. The molecule has 2 N–H and O–H groups in total. The monoisotopic (exact) mass is 381 g/mol. The standard InChI is InChI=1S/C21H23N3O4/c1-24(2)8-7-14-12-23-18-5-4-6-19(20(14)18)28-21(25)15-9-16(26-3)11-17(10-15)27-13-22/h4-6,9-13,22-23H,7-8H2,1-3H3. The Hall–Kier alpha value is -3.32. The van der Waals surface area contributed by atoms with Gasteiger partial charge in [0.15, 0.2) is 6.40 Å². The van der Waals surface area contributed by atoms with E-state index in [1.807, 2.05) is 32.4 Å². The van der Waals surface area contributed by atoms with Crippen LogP contribution in [-0.2, 0) is 6.42 Å². The van der Waals surface area contributed by atoms with E-state index in [2.05, 4.69) is 9.88 Å². The number of ether oxygens (including phenoxy) is 3. The van der Waals surface area contributed by atoms with Crippen LogP contribution in [0.2, 0.25) is 0 Å². The van der Waals surface area contributed by atoms with Crippen molar-refractivity contribution in [2.24, 2.45) is 0 Å². The first-order valence-corrected chi connectivity index (χ1v) is 8.82. The van der Waals surface area contributed by atoms with Gasteiger partial charge in [0, 0.05) is 29.7 Å². The molecule has 7 nitrogen and oxygen atoms in total. The minimum Gasteiger partial charge on any atom is -0.497 e. The predicted molar refractivity (Wildman–Crippen MR) is 108 cm³/mol. The fourth-order valence-corrected chi connectivity index (χ4v) is 2.95. The second kappa shape index (κ2) is 8.58. The number of rotatable bonds is 8. The molecule has 0 radical (unpaired) electrons. The number of esters is 1. The fraction of sp³-hybridized carbons (Fsp3) is 0.238. The molecule has 0 bridgehead atoms. The Kier molecular flexibility index (Phi) is 5.96. The molecule has 0 amide bonds. The number of carbonyl (C=O) groups is 1. The summed E-state index contributed by atoms with van der Waals surface area (Å²) in [6.45, 7) is 0.884. The van der Waals surface area contributed by atoms with E-state index in [9.17, 15) is 4.79 Å². The molecule has 2 aromatic carbocycles. The van der Waals surface area contributed by atoms with Gasteiger partial charge >= 0.3 is 5.97 Å². The summed E-state index contributed by atoms with van der Waals surface area (Å²) in [5, 5.41) is 7.98. The summed E-state index contributed by atoms with van der Waals surface area (Å²) in [7, 11) is 5.54. The van der Waals surface area contributed by atoms with Crippen molar-refractivity contribution in [1.82, 2.24) is 9.88 Å². The predicted octanol–water partition coefficient (Wildman–Crippen LogP) is 3.49. The average molecular weight is 381 g/mol. The van der Waals surface area contributed by atoms with Gasteiger partial charge in [-0.25, -0.2) is 4.79 Å². The van der Waals surface area contributed by atoms with E-state index in [-0.39, 0.29) is 5.56 Å². The van der Waals surface area contributed by atoms with E-state index in [1.54, 1.807) is 18.2 Å². The van der Waals surface area contributed by atoms with Crippen LogP contribution in [0.25, 0.3) is 10.9 Å². The zero-order valence-electron chi connectivity index (χ0n) is 16.1. The summed E-state index contributed by atoms with van der Waals surface area (Å²) in [6.07, 6.45) is 3.58. The van der Waals surface area contributed by atoms with E-state index in [0.717, 1.165) is 35.8 Å². The second-order valence-electron chi connectivity index (χ2n) is 6.57. The first-order valence-electron chi connectivity index (χ1n) is 8.82. The van der Waals surface area contributed by atoms with E-state index in [0.29, 0.717) is 17.2 Å². The van der Waals surface area contributed by atoms with Crippen LogP contribution in [0, 0.1) is 5.41 Å². The van der Waals surface area contributed by atoms with Crippen LogP contribution >= 0.6 is 0 Å². The highest BCUT2D eigenvalue weighted by atomic mass is 16.5. The van der Waals surface area contributed by atoms with Gasteiger partial charge < -0.3 is 24.1 Å². The third-order valence-corrected chi connectivity index (χ3v) is 4.33. The normalized spacial score (nSPS) is 10.9. The zero-order valence-corrected chi connectivity index (χ0v) is 16.1. The lowest BCUT2D eigenvalue weighted by molar-refractivity contribution is 0.0736. The van der Waals surface area contributed by atoms with Crippen LogP contribution in [0.15, 0.2) is 42.6 Å². The summed E-state index contributed by atoms with van der Waals surface area (Å²) >= 11 is 0. The Morgan fingerprint density at radius 1 is 1.21 bits per heavy atom. The van der Waals surface area contributed by atoms with Gasteiger partial charge in [-0.1, -0.05) is 6.07 Å². The van der Waals surface area contributed by atoms with Crippen LogP contribution in [0.4, 0.5) is 0 Å². The Morgan fingerprint density at radius 2 is 2.00 bits per heavy atom. The van der Waals surface area contributed by atoms with Crippen molar-refractivity contribution >= 4 is 23.3 Å². The van der Waals surface area contributed by atoms with Crippen LogP contribution < -0.4 is 14.2 Å². The van der Waals surface area contributed by atoms with Gasteiger partial charge in [-0.15, -0.1) is 0 Å². The van der Waals surface area contributed by atoms with Crippen LogP contribution in [0.5, 0.6) is 17.2 Å². The maximum absolute atomic E-state index is 12.8. The molecular formula is C21H23N3O4. The molecule has 0 saturated heterocycles. The van der Waals surface area contributed by atoms with E-state index >= 15 is 0 Å². The highest BCUT2D eigenvalue weighted by Gasteiger charge is 2.16. The van der Waals surface area contributed by atoms with Crippen LogP contribution in [0.1, 0.15) is 15.9 Å². The number of nitrogens with zero attached hydrogens (tertiary/aromatic N) is 1. The zero-order chi connectivity index (χ0) is 20.1. The van der Waals surface area contributed by atoms with Crippen molar-refractivity contribution < 1.29 is 19.0 Å². The fourth-order valence-electron chi connectivity index (χ4n) is 2.95. The molecule has 0 spiro atoms. The third-order valence-electron chi connectivity index (χ3n) is 4.33. The smallest absolute Gasteiger partial charge is 0.343 e. The van der Waals surface area contributed by atoms with E-state index in [4.69, 9.17) is 19.6 Å². The molecule has 0 aliphatic carbocycles. The molecule has 1 aromatic heterocycles. The molecule has 0 saturated carbocycles. The first kappa shape index (κ1) is 19.4. The summed E-state index contributed by atoms with van der Waals surface area (Å²) in [5.74, 6) is 0.737. The van der Waals surface area contributed by atoms with Crippen molar-refractivity contribution in [2.45, 2.75) is 6.42 Å². The van der Waals surface area contributed by atoms with Gasteiger partial charge in [-0.3, -0.25) is 5.41 Å². The first-order chi connectivity index (χ1) is 13.5. The largest absolute Gasteiger partial charge is 0.497 e. The van der Waals surface area contributed by atoms with Gasteiger partial charge in [0.2, 0.25) is 0 Å². The summed E-state index contributed by atoms with van der Waals surface area (Å²) in [4.78, 5) is 18.1. The molecule has 0 fully saturated rings. The van der Waals surface area contributed by atoms with Gasteiger partial charge in [-0.2, -0.15) is 0 Å². The summed E-state index contributed by atoms with van der Waals surface area (Å²) in [6, 6.07) is 10.2. The maximum Gasteiger partial charge on any atom is 0.343 e. The number of aromatic amines is 1. The van der Waals surface area contributed by atoms with Crippen molar-refractivity contribution in [3.8, 4) is 17.2 Å². The molecule has 3 rings (SSSR count). The topological polar surface area (TPSA) is 87.6 Å². The number of aromatic nitrogens is 1. The Bertz CT molecular complexity index is 994. The molecule has 0 unspecified atom stereocenters. The highest BCUT2D eigenvalue weighted by molar-refractivity contribution is 5.96. The van der Waals surface area contributed by atoms with Crippen LogP contribution in [0.3, 0.4) is 0 Å². The SMILES string of the molecule is COc1cc(OC=N)cc(C(=O)Oc2cccc3[nH]cc(CCN(C)C)c23)c1. The van der Waals surface area contributed by atoms with E-state index < -0.39 is 5.97 Å². The van der Waals surface area contributed by atoms with Crippen molar-refractivity contribution in [1.29, 1.82) is 5.41 Å². The lowest BCUT2D eigenvalue weighted by Gasteiger charge is -2.11. The van der Waals surface area contributed by atoms with Crippen LogP contribution in [-0.4, -0.2) is 50.0 Å². The number of fused-ring (bicyclic) bond motifs is 1. The molecular weight excluding hydrogens is 358 g/mol. The number of benzene rings is 2. The Balaban J connectivity index is 1.92. The van der Waals surface area contributed by atoms with Gasteiger partial charge in [0.1, 0.15) is 17.2 Å². The minimum absolute atomic E-state index is 0.276. The number of carbonyl (C=O) groups excluding carboxylic acids is 1. The lowest BCUT2D eigenvalue weighted by atomic mass is 10.1. The lowest BCUT2D eigenvalue weighted by Crippen LogP contribution is -2.15. The summed E-state index contributed by atoms with van der Waals surface area (Å²) in [5.41, 5.74) is 2.28. The maximum atomic E-state index is 12.8. The molecule has 7 heteroatoms. The highest BCUT2D eigenvalue weighted by Crippen LogP contribution is 2.31. The van der Waals surface area contributed by atoms with Gasteiger partial charge in [0.25, 0.3) is 0 Å². The van der Waals surface area contributed by atoms with Crippen molar-refractivity contribution in [3.05, 3.63) is 53.7 Å². The number of hydrogen-bond acceptors (Lipinski definition) is 6. The molecule has 1 heterocycles. The molecule has 3 aromatic rings. The number of likely N-dealkylation sites (N-methyl/N-ethyl adjacent to an activating group) is 1. The Labute approximate surface area is 163 Å². The van der Waals surface area contributed by atoms with Crippen molar-refractivity contribution in [3.63, 3.8) is 0 Å². The minimum atomic E-state index is -0.527. The molecule has 0 aliphatic heterocycles. The van der Waals surface area contributed by atoms with Gasteiger partial charge in [0.05, 0.1) is 12.7 Å². The van der Waals surface area contributed by atoms with E-state index in [1.165, 1.54) is 13.2 Å².